The number of nitrogens with one attached hydrogen (secondary N) is 1. The van der Waals surface area contributed by atoms with Crippen LogP contribution in [0.1, 0.15) is 35.4 Å². The average Bonchev–Trinajstić information content (AvgIpc) is 2.71. The Morgan fingerprint density at radius 1 is 1.29 bits per heavy atom. The molecule has 0 fully saturated rings. The molecular formula is C23H31FN2O4Si. The van der Waals surface area contributed by atoms with Crippen LogP contribution in [0, 0.1) is 5.92 Å². The number of methoxy groups -OCH3 is 1. The molecule has 0 spiro atoms. The Morgan fingerprint density at radius 2 is 1.97 bits per heavy atom. The predicted molar refractivity (Wildman–Crippen MR) is 123 cm³/mol. The highest BCUT2D eigenvalue weighted by atomic mass is 28.4. The van der Waals surface area contributed by atoms with E-state index >= 15 is 4.11 Å². The van der Waals surface area contributed by atoms with Gasteiger partial charge in [-0.15, -0.1) is 0 Å². The first-order valence-corrected chi connectivity index (χ1v) is 13.4. The largest absolute Gasteiger partial charge is 0.490 e. The van der Waals surface area contributed by atoms with Crippen LogP contribution in [0.5, 0.6) is 5.75 Å². The van der Waals surface area contributed by atoms with Gasteiger partial charge in [0.1, 0.15) is 11.9 Å². The van der Waals surface area contributed by atoms with Crippen molar-refractivity contribution in [2.24, 2.45) is 5.92 Å². The van der Waals surface area contributed by atoms with Crippen LogP contribution in [-0.4, -0.2) is 39.2 Å². The fourth-order valence-electron chi connectivity index (χ4n) is 4.33. The summed E-state index contributed by atoms with van der Waals surface area (Å²) in [7, 11) is -1.46. The first-order chi connectivity index (χ1) is 14.7. The van der Waals surface area contributed by atoms with Crippen molar-refractivity contribution < 1.29 is 23.5 Å². The van der Waals surface area contributed by atoms with E-state index in [1.165, 1.54) is 0 Å². The van der Waals surface area contributed by atoms with Crippen LogP contribution < -0.4 is 15.8 Å². The zero-order valence-corrected chi connectivity index (χ0v) is 19.4. The third kappa shape index (κ3) is 5.08. The molecule has 0 bridgehead atoms. The number of carbonyl (C=O) groups excluding carboxylic acids is 1. The summed E-state index contributed by atoms with van der Waals surface area (Å²) in [6.07, 6.45) is -0.363. The van der Waals surface area contributed by atoms with Gasteiger partial charge in [-0.05, 0) is 62.0 Å². The van der Waals surface area contributed by atoms with Crippen molar-refractivity contribution in [3.8, 4) is 5.75 Å². The number of hydrogen-bond acceptors (Lipinski definition) is 5. The number of anilines is 2. The van der Waals surface area contributed by atoms with Crippen molar-refractivity contribution in [2.45, 2.75) is 44.2 Å². The number of aliphatic hydroxyl groups excluding tert-OH is 1. The smallest absolute Gasteiger partial charge is 0.255 e. The number of halogens is 1. The minimum Gasteiger partial charge on any atom is -0.490 e. The molecular weight excluding hydrogens is 415 g/mol. The van der Waals surface area contributed by atoms with E-state index in [-0.39, 0.29) is 30.1 Å². The lowest BCUT2D eigenvalue weighted by Crippen LogP contribution is -2.46. The zero-order chi connectivity index (χ0) is 22.8. The van der Waals surface area contributed by atoms with Gasteiger partial charge in [-0.1, -0.05) is 6.92 Å². The van der Waals surface area contributed by atoms with Gasteiger partial charge in [0.05, 0.1) is 6.10 Å². The Balaban J connectivity index is 1.87. The number of ether oxygens (including phenoxy) is 2. The molecule has 6 nitrogen and oxygen atoms in total. The summed E-state index contributed by atoms with van der Waals surface area (Å²) < 4.78 is 27.1. The molecule has 0 saturated carbocycles. The Kier molecular flexibility index (Phi) is 7.03. The highest BCUT2D eigenvalue weighted by Gasteiger charge is 2.47. The minimum absolute atomic E-state index is 0.0851. The van der Waals surface area contributed by atoms with Crippen LogP contribution in [0.25, 0.3) is 0 Å². The van der Waals surface area contributed by atoms with Gasteiger partial charge in [-0.3, -0.25) is 4.79 Å². The second-order valence-electron chi connectivity index (χ2n) is 8.61. The minimum atomic E-state index is -3.08. The molecule has 0 saturated heterocycles. The van der Waals surface area contributed by atoms with Gasteiger partial charge in [0, 0.05) is 47.7 Å². The fraction of sp³-hybridized carbons (Fsp3) is 0.435. The maximum Gasteiger partial charge on any atom is 0.255 e. The van der Waals surface area contributed by atoms with E-state index < -0.39 is 14.5 Å². The molecule has 2 aromatic carbocycles. The van der Waals surface area contributed by atoms with E-state index in [4.69, 9.17) is 15.2 Å². The monoisotopic (exact) mass is 446 g/mol. The first kappa shape index (κ1) is 23.2. The van der Waals surface area contributed by atoms with E-state index in [0.717, 1.165) is 5.56 Å². The number of nitrogen functional groups attached to an aromatic ring is 1. The average molecular weight is 447 g/mol. The lowest BCUT2D eigenvalue weighted by atomic mass is 9.86. The quantitative estimate of drug-likeness (QED) is 0.330. The lowest BCUT2D eigenvalue weighted by molar-refractivity contribution is -0.0250. The number of hydrogen-bond donors (Lipinski definition) is 3. The molecule has 4 N–H and O–H groups in total. The highest BCUT2D eigenvalue weighted by molar-refractivity contribution is 6.72. The molecule has 0 aliphatic carbocycles. The second-order valence-corrected chi connectivity index (χ2v) is 12.5. The Morgan fingerprint density at radius 3 is 2.55 bits per heavy atom. The number of rotatable bonds is 7. The van der Waals surface area contributed by atoms with Crippen molar-refractivity contribution in [1.29, 1.82) is 0 Å². The number of nitrogens with two attached hydrogens (primary N) is 1. The maximum absolute atomic E-state index is 15.1. The third-order valence-corrected chi connectivity index (χ3v) is 8.36. The molecule has 2 aromatic rings. The summed E-state index contributed by atoms with van der Waals surface area (Å²) in [5.74, 6) is 0.242. The van der Waals surface area contributed by atoms with Crippen LogP contribution in [0.15, 0.2) is 42.5 Å². The third-order valence-electron chi connectivity index (χ3n) is 5.98. The number of fused-ring (bicyclic) bond motifs is 1. The van der Waals surface area contributed by atoms with E-state index in [9.17, 15) is 9.90 Å². The summed E-state index contributed by atoms with van der Waals surface area (Å²) in [4.78, 5) is 12.6. The molecule has 0 aromatic heterocycles. The molecule has 1 amide bonds. The number of carbonyl (C=O) groups is 1. The predicted octanol–water partition coefficient (Wildman–Crippen LogP) is 4.53. The molecule has 1 heterocycles. The first-order valence-electron chi connectivity index (χ1n) is 10.5. The molecule has 3 rings (SSSR count). The summed E-state index contributed by atoms with van der Waals surface area (Å²) in [6, 6.07) is 12.1. The summed E-state index contributed by atoms with van der Waals surface area (Å²) in [6.45, 7) is 5.19. The van der Waals surface area contributed by atoms with E-state index in [1.807, 2.05) is 13.0 Å². The van der Waals surface area contributed by atoms with E-state index in [2.05, 4.69) is 5.32 Å². The van der Waals surface area contributed by atoms with E-state index in [1.54, 1.807) is 56.6 Å². The molecule has 1 aliphatic rings. The van der Waals surface area contributed by atoms with Gasteiger partial charge >= 0.3 is 0 Å². The van der Waals surface area contributed by atoms with Crippen LogP contribution in [0.2, 0.25) is 18.6 Å². The Hall–Kier alpha value is -2.42. The molecule has 8 heteroatoms. The van der Waals surface area contributed by atoms with E-state index in [0.29, 0.717) is 29.1 Å². The molecule has 1 aliphatic heterocycles. The van der Waals surface area contributed by atoms with Crippen LogP contribution in [0.3, 0.4) is 0 Å². The van der Waals surface area contributed by atoms with Gasteiger partial charge in [-0.2, -0.15) is 0 Å². The molecule has 0 radical (unpaired) electrons. The normalized spacial score (nSPS) is 21.7. The lowest BCUT2D eigenvalue weighted by Gasteiger charge is -2.43. The van der Waals surface area contributed by atoms with Crippen molar-refractivity contribution >= 4 is 25.7 Å². The fourth-order valence-corrected chi connectivity index (χ4v) is 6.30. The highest BCUT2D eigenvalue weighted by Crippen LogP contribution is 2.47. The molecule has 1 unspecified atom stereocenters. The van der Waals surface area contributed by atoms with Crippen LogP contribution in [0.4, 0.5) is 15.5 Å². The van der Waals surface area contributed by atoms with Crippen LogP contribution >= 0.6 is 0 Å². The zero-order valence-electron chi connectivity index (χ0n) is 18.4. The topological polar surface area (TPSA) is 93.8 Å². The van der Waals surface area contributed by atoms with Crippen molar-refractivity contribution in [2.75, 3.05) is 24.8 Å². The number of aliphatic hydroxyl groups is 1. The number of benzene rings is 2. The Bertz CT molecular complexity index is 917. The summed E-state index contributed by atoms with van der Waals surface area (Å²) in [5, 5.41) is 12.4. The van der Waals surface area contributed by atoms with Gasteiger partial charge in [-0.25, -0.2) is 0 Å². The van der Waals surface area contributed by atoms with Crippen molar-refractivity contribution in [3.63, 3.8) is 0 Å². The standard InChI is InChI=1S/C23H31FN2O4Si/c1-14-21(29-2)18-13-17(26-23(28)15-5-7-16(25)8-6-15)9-10-19(18)30-22(14)20(11-12-27)31(3,4)24/h5-10,13-14,20-22,27H,11-12,25H2,1-4H3,(H,26,28)/t14-,20?,21-,22-/m0/s1. The van der Waals surface area contributed by atoms with Gasteiger partial charge in [0.15, 0.2) is 0 Å². The molecule has 31 heavy (non-hydrogen) atoms. The second kappa shape index (κ2) is 9.38. The SMILES string of the molecule is CO[C@@H]1c2cc(NC(=O)c3ccc(N)cc3)ccc2O[C@H](C(CCO)[Si](C)(C)F)[C@H]1C. The van der Waals surface area contributed by atoms with Crippen molar-refractivity contribution in [1.82, 2.24) is 0 Å². The van der Waals surface area contributed by atoms with Crippen molar-refractivity contribution in [3.05, 3.63) is 53.6 Å². The number of amides is 1. The summed E-state index contributed by atoms with van der Waals surface area (Å²) >= 11 is 0. The molecule has 168 valence electrons. The van der Waals surface area contributed by atoms with Gasteiger partial charge < -0.3 is 29.7 Å². The molecule has 4 atom stereocenters. The van der Waals surface area contributed by atoms with Gasteiger partial charge in [0.25, 0.3) is 5.91 Å². The van der Waals surface area contributed by atoms with Crippen LogP contribution in [-0.2, 0) is 4.74 Å². The van der Waals surface area contributed by atoms with Gasteiger partial charge in [0.2, 0.25) is 8.41 Å². The summed E-state index contributed by atoms with van der Waals surface area (Å²) in [5.41, 5.74) is 7.84. The maximum atomic E-state index is 15.1. The Labute approximate surface area is 183 Å².